The van der Waals surface area contributed by atoms with Gasteiger partial charge in [0, 0.05) is 6.20 Å². The lowest BCUT2D eigenvalue weighted by atomic mass is 10.2. The van der Waals surface area contributed by atoms with Crippen molar-refractivity contribution in [2.24, 2.45) is 0 Å². The van der Waals surface area contributed by atoms with Crippen LogP contribution < -0.4 is 5.32 Å². The topological polar surface area (TPSA) is 79.3 Å². The summed E-state index contributed by atoms with van der Waals surface area (Å²) in [6.07, 6.45) is 1.37. The van der Waals surface area contributed by atoms with E-state index in [0.29, 0.717) is 4.88 Å². The highest BCUT2D eigenvalue weighted by Crippen LogP contribution is 2.19. The van der Waals surface area contributed by atoms with Gasteiger partial charge in [-0.05, 0) is 36.1 Å². The van der Waals surface area contributed by atoms with Gasteiger partial charge in [0.1, 0.15) is 0 Å². The summed E-state index contributed by atoms with van der Waals surface area (Å²) in [6, 6.07) is 4.92. The highest BCUT2D eigenvalue weighted by Gasteiger charge is 2.16. The molecule has 0 fully saturated rings. The van der Waals surface area contributed by atoms with Crippen molar-refractivity contribution in [1.82, 2.24) is 4.98 Å². The smallest absolute Gasteiger partial charge is 0.356 e. The van der Waals surface area contributed by atoms with Crippen molar-refractivity contribution < 1.29 is 14.7 Å². The first kappa shape index (κ1) is 12.3. The van der Waals surface area contributed by atoms with Gasteiger partial charge in [-0.25, -0.2) is 9.78 Å². The number of hydrogen-bond acceptors (Lipinski definition) is 4. The molecule has 92 valence electrons. The second kappa shape index (κ2) is 4.97. The number of aromatic nitrogens is 1. The number of rotatable bonds is 3. The van der Waals surface area contributed by atoms with Crippen LogP contribution in [0.2, 0.25) is 0 Å². The molecule has 5 nitrogen and oxygen atoms in total. The van der Waals surface area contributed by atoms with Gasteiger partial charge >= 0.3 is 5.97 Å². The van der Waals surface area contributed by atoms with E-state index >= 15 is 0 Å². The maximum Gasteiger partial charge on any atom is 0.356 e. The van der Waals surface area contributed by atoms with Gasteiger partial charge in [-0.15, -0.1) is 11.3 Å². The molecule has 2 aromatic heterocycles. The first-order valence-electron chi connectivity index (χ1n) is 5.13. The van der Waals surface area contributed by atoms with Crippen LogP contribution in [0.5, 0.6) is 0 Å². The summed E-state index contributed by atoms with van der Waals surface area (Å²) in [7, 11) is 0. The normalized spacial score (nSPS) is 10.1. The molecule has 0 aliphatic heterocycles. The van der Waals surface area contributed by atoms with Crippen LogP contribution in [-0.2, 0) is 0 Å². The number of amides is 1. The summed E-state index contributed by atoms with van der Waals surface area (Å²) < 4.78 is 0. The fourth-order valence-electron chi connectivity index (χ4n) is 1.46. The van der Waals surface area contributed by atoms with Crippen molar-refractivity contribution in [3.63, 3.8) is 0 Å². The van der Waals surface area contributed by atoms with E-state index in [-0.39, 0.29) is 17.3 Å². The SMILES string of the molecule is Cc1ccsc1C(=O)Nc1cccnc1C(=O)O. The van der Waals surface area contributed by atoms with E-state index in [4.69, 9.17) is 5.11 Å². The van der Waals surface area contributed by atoms with Gasteiger partial charge in [-0.1, -0.05) is 0 Å². The Morgan fingerprint density at radius 1 is 1.39 bits per heavy atom. The van der Waals surface area contributed by atoms with Crippen molar-refractivity contribution >= 4 is 28.9 Å². The van der Waals surface area contributed by atoms with Crippen molar-refractivity contribution in [3.8, 4) is 0 Å². The zero-order valence-electron chi connectivity index (χ0n) is 9.51. The van der Waals surface area contributed by atoms with Gasteiger partial charge in [0.2, 0.25) is 0 Å². The second-order valence-electron chi connectivity index (χ2n) is 3.59. The number of hydrogen-bond donors (Lipinski definition) is 2. The maximum absolute atomic E-state index is 11.9. The summed E-state index contributed by atoms with van der Waals surface area (Å²) in [5, 5.41) is 13.3. The predicted octanol–water partition coefficient (Wildman–Crippen LogP) is 2.40. The number of aromatic carboxylic acids is 1. The van der Waals surface area contributed by atoms with E-state index in [9.17, 15) is 9.59 Å². The van der Waals surface area contributed by atoms with Crippen LogP contribution in [0.25, 0.3) is 0 Å². The van der Waals surface area contributed by atoms with Crippen LogP contribution in [-0.4, -0.2) is 22.0 Å². The Bertz CT molecular complexity index is 607. The van der Waals surface area contributed by atoms with Gasteiger partial charge in [0.15, 0.2) is 5.69 Å². The molecule has 0 saturated carbocycles. The van der Waals surface area contributed by atoms with Gasteiger partial charge in [0.05, 0.1) is 10.6 Å². The van der Waals surface area contributed by atoms with E-state index in [1.165, 1.54) is 23.6 Å². The summed E-state index contributed by atoms with van der Waals surface area (Å²) in [6.45, 7) is 1.83. The molecular formula is C12H10N2O3S. The highest BCUT2D eigenvalue weighted by atomic mass is 32.1. The molecule has 2 N–H and O–H groups in total. The summed E-state index contributed by atoms with van der Waals surface area (Å²) in [5.41, 5.74) is 0.890. The van der Waals surface area contributed by atoms with E-state index in [0.717, 1.165) is 5.56 Å². The van der Waals surface area contributed by atoms with Gasteiger partial charge in [-0.2, -0.15) is 0 Å². The number of thiophene rings is 1. The third-order valence-corrected chi connectivity index (χ3v) is 3.34. The monoisotopic (exact) mass is 262 g/mol. The standard InChI is InChI=1S/C12H10N2O3S/c1-7-4-6-18-10(7)11(15)14-8-3-2-5-13-9(8)12(16)17/h2-6H,1H3,(H,14,15)(H,16,17). The zero-order valence-corrected chi connectivity index (χ0v) is 10.3. The van der Waals surface area contributed by atoms with Crippen LogP contribution in [0.3, 0.4) is 0 Å². The molecule has 0 aliphatic carbocycles. The molecule has 0 saturated heterocycles. The van der Waals surface area contributed by atoms with Crippen LogP contribution in [0.1, 0.15) is 25.7 Å². The first-order valence-corrected chi connectivity index (χ1v) is 6.01. The average molecular weight is 262 g/mol. The molecule has 6 heteroatoms. The number of carbonyl (C=O) groups is 2. The largest absolute Gasteiger partial charge is 0.476 e. The molecule has 2 aromatic rings. The minimum absolute atomic E-state index is 0.167. The van der Waals surface area contributed by atoms with Gasteiger partial charge < -0.3 is 10.4 Å². The molecule has 0 atom stereocenters. The number of carboxylic acids is 1. The molecule has 2 rings (SSSR count). The quantitative estimate of drug-likeness (QED) is 0.890. The molecule has 0 bridgehead atoms. The lowest BCUT2D eigenvalue weighted by Gasteiger charge is -2.06. The Labute approximate surface area is 107 Å². The van der Waals surface area contributed by atoms with Crippen LogP contribution >= 0.6 is 11.3 Å². The number of aryl methyl sites for hydroxylation is 1. The number of anilines is 1. The summed E-state index contributed by atoms with van der Waals surface area (Å²) in [4.78, 5) is 27.2. The van der Waals surface area contributed by atoms with Crippen LogP contribution in [0.4, 0.5) is 5.69 Å². The molecule has 0 radical (unpaired) electrons. The average Bonchev–Trinajstić information content (AvgIpc) is 2.76. The molecule has 0 unspecified atom stereocenters. The van der Waals surface area contributed by atoms with Gasteiger partial charge in [0.25, 0.3) is 5.91 Å². The zero-order chi connectivity index (χ0) is 13.1. The Morgan fingerprint density at radius 2 is 2.17 bits per heavy atom. The Balaban J connectivity index is 2.28. The summed E-state index contributed by atoms with van der Waals surface area (Å²) >= 11 is 1.31. The van der Waals surface area contributed by atoms with E-state index < -0.39 is 5.97 Å². The third-order valence-electron chi connectivity index (χ3n) is 2.33. The number of carboxylic acid groups (broad SMARTS) is 1. The van der Waals surface area contributed by atoms with Crippen molar-refractivity contribution in [2.45, 2.75) is 6.92 Å². The number of nitrogens with one attached hydrogen (secondary N) is 1. The number of nitrogens with zero attached hydrogens (tertiary/aromatic N) is 1. The van der Waals surface area contributed by atoms with E-state index in [1.807, 2.05) is 18.4 Å². The lowest BCUT2D eigenvalue weighted by Crippen LogP contribution is -2.15. The Kier molecular flexibility index (Phi) is 3.38. The predicted molar refractivity (Wildman–Crippen MR) is 68.2 cm³/mol. The molecule has 0 spiro atoms. The molecular weight excluding hydrogens is 252 g/mol. The molecule has 1 amide bonds. The Morgan fingerprint density at radius 3 is 2.78 bits per heavy atom. The van der Waals surface area contributed by atoms with E-state index in [2.05, 4.69) is 10.3 Å². The fourth-order valence-corrected chi connectivity index (χ4v) is 2.28. The minimum Gasteiger partial charge on any atom is -0.476 e. The minimum atomic E-state index is -1.17. The second-order valence-corrected chi connectivity index (χ2v) is 4.51. The molecule has 0 aromatic carbocycles. The van der Waals surface area contributed by atoms with Crippen molar-refractivity contribution in [1.29, 1.82) is 0 Å². The van der Waals surface area contributed by atoms with Crippen molar-refractivity contribution in [2.75, 3.05) is 5.32 Å². The van der Waals surface area contributed by atoms with Crippen LogP contribution in [0, 0.1) is 6.92 Å². The summed E-state index contributed by atoms with van der Waals surface area (Å²) in [5.74, 6) is -1.49. The highest BCUT2D eigenvalue weighted by molar-refractivity contribution is 7.12. The fraction of sp³-hybridized carbons (Fsp3) is 0.0833. The van der Waals surface area contributed by atoms with Gasteiger partial charge in [-0.3, -0.25) is 4.79 Å². The molecule has 18 heavy (non-hydrogen) atoms. The molecule has 2 heterocycles. The number of carbonyl (C=O) groups excluding carboxylic acids is 1. The molecule has 0 aliphatic rings. The first-order chi connectivity index (χ1) is 8.59. The Hall–Kier alpha value is -2.21. The van der Waals surface area contributed by atoms with Crippen molar-refractivity contribution in [3.05, 3.63) is 45.9 Å². The maximum atomic E-state index is 11.9. The lowest BCUT2D eigenvalue weighted by molar-refractivity contribution is 0.0692. The van der Waals surface area contributed by atoms with E-state index in [1.54, 1.807) is 6.07 Å². The third kappa shape index (κ3) is 2.38. The van der Waals surface area contributed by atoms with Crippen LogP contribution in [0.15, 0.2) is 29.8 Å². The number of pyridine rings is 1.